The lowest BCUT2D eigenvalue weighted by Crippen LogP contribution is -2.57. The summed E-state index contributed by atoms with van der Waals surface area (Å²) in [6.07, 6.45) is 1.64. The summed E-state index contributed by atoms with van der Waals surface area (Å²) in [6, 6.07) is 20.1. The molecule has 1 N–H and O–H groups in total. The molecule has 37 heavy (non-hydrogen) atoms. The molecule has 0 unspecified atom stereocenters. The van der Waals surface area contributed by atoms with Gasteiger partial charge in [-0.15, -0.1) is 0 Å². The first-order valence-corrected chi connectivity index (χ1v) is 13.3. The maximum absolute atomic E-state index is 14.0. The van der Waals surface area contributed by atoms with Gasteiger partial charge in [0.05, 0.1) is 16.5 Å². The normalized spacial score (nSPS) is 28.4. The molecule has 2 aromatic carbocycles. The molecule has 2 saturated heterocycles. The predicted octanol–water partition coefficient (Wildman–Crippen LogP) is 5.09. The summed E-state index contributed by atoms with van der Waals surface area (Å²) >= 11 is 6.10. The molecule has 5 atom stereocenters. The van der Waals surface area contributed by atoms with Crippen LogP contribution in [-0.4, -0.2) is 52.0 Å². The molecule has 0 spiro atoms. The van der Waals surface area contributed by atoms with Gasteiger partial charge in [0.1, 0.15) is 5.82 Å². The fraction of sp³-hybridized carbons (Fsp3) is 0.400. The number of pyridine rings is 1. The summed E-state index contributed by atoms with van der Waals surface area (Å²) in [5.74, 6) is -0.939. The SMILES string of the molecule is C[C@@H]1CN(C(=O)[C@@H]2CN(Cc3ccccc3)C[C@H]2c2ccc(Cl)cn2)C[C@H](C)[C@@]1(O)c1ccc(F)cc1. The molecule has 1 amide bonds. The van der Waals surface area contributed by atoms with Crippen LogP contribution in [0.3, 0.4) is 0 Å². The van der Waals surface area contributed by atoms with Crippen LogP contribution < -0.4 is 0 Å². The molecular formula is C30H33ClFN3O2. The summed E-state index contributed by atoms with van der Waals surface area (Å²) in [5.41, 5.74) is 1.65. The van der Waals surface area contributed by atoms with Crippen molar-refractivity contribution in [1.29, 1.82) is 0 Å². The molecule has 5 rings (SSSR count). The summed E-state index contributed by atoms with van der Waals surface area (Å²) < 4.78 is 13.5. The average molecular weight is 522 g/mol. The van der Waals surface area contributed by atoms with Crippen molar-refractivity contribution in [2.75, 3.05) is 26.2 Å². The first kappa shape index (κ1) is 25.8. The highest BCUT2D eigenvalue weighted by Gasteiger charge is 2.49. The zero-order valence-corrected chi connectivity index (χ0v) is 22.0. The van der Waals surface area contributed by atoms with Crippen molar-refractivity contribution in [2.45, 2.75) is 31.9 Å². The molecule has 3 heterocycles. The number of carbonyl (C=O) groups is 1. The Morgan fingerprint density at radius 3 is 2.30 bits per heavy atom. The van der Waals surface area contributed by atoms with Crippen LogP contribution in [-0.2, 0) is 16.9 Å². The van der Waals surface area contributed by atoms with Crippen molar-refractivity contribution in [1.82, 2.24) is 14.8 Å². The molecule has 0 aliphatic carbocycles. The van der Waals surface area contributed by atoms with Crippen molar-refractivity contribution >= 4 is 17.5 Å². The van der Waals surface area contributed by atoms with Crippen molar-refractivity contribution in [3.8, 4) is 0 Å². The number of benzene rings is 2. The number of rotatable bonds is 5. The van der Waals surface area contributed by atoms with E-state index in [1.807, 2.05) is 49.1 Å². The lowest BCUT2D eigenvalue weighted by atomic mass is 9.70. The van der Waals surface area contributed by atoms with E-state index in [0.29, 0.717) is 30.2 Å². The highest BCUT2D eigenvalue weighted by molar-refractivity contribution is 6.30. The summed E-state index contributed by atoms with van der Waals surface area (Å²) in [4.78, 5) is 22.9. The number of hydrogen-bond donors (Lipinski definition) is 1. The molecule has 2 aliphatic heterocycles. The van der Waals surface area contributed by atoms with E-state index in [1.165, 1.54) is 17.7 Å². The Morgan fingerprint density at radius 1 is 1.00 bits per heavy atom. The molecule has 2 fully saturated rings. The van der Waals surface area contributed by atoms with Crippen LogP contribution >= 0.6 is 11.6 Å². The van der Waals surface area contributed by atoms with Crippen LogP contribution in [0.25, 0.3) is 0 Å². The topological polar surface area (TPSA) is 56.7 Å². The number of amides is 1. The number of hydrogen-bond acceptors (Lipinski definition) is 4. The highest BCUT2D eigenvalue weighted by atomic mass is 35.5. The van der Waals surface area contributed by atoms with Crippen LogP contribution in [0.2, 0.25) is 5.02 Å². The largest absolute Gasteiger partial charge is 0.384 e. The van der Waals surface area contributed by atoms with Gasteiger partial charge in [0, 0.05) is 62.4 Å². The Balaban J connectivity index is 1.37. The van der Waals surface area contributed by atoms with E-state index >= 15 is 0 Å². The second kappa shape index (κ2) is 10.5. The minimum atomic E-state index is -1.13. The van der Waals surface area contributed by atoms with Gasteiger partial charge in [0.15, 0.2) is 0 Å². The van der Waals surface area contributed by atoms with E-state index in [9.17, 15) is 14.3 Å². The van der Waals surface area contributed by atoms with Gasteiger partial charge in [-0.05, 0) is 35.4 Å². The molecule has 0 bridgehead atoms. The van der Waals surface area contributed by atoms with Crippen LogP contribution in [0, 0.1) is 23.6 Å². The smallest absolute Gasteiger partial charge is 0.227 e. The molecular weight excluding hydrogens is 489 g/mol. The summed E-state index contributed by atoms with van der Waals surface area (Å²) in [7, 11) is 0. The maximum atomic E-state index is 14.0. The Hall–Kier alpha value is -2.80. The second-order valence-electron chi connectivity index (χ2n) is 10.7. The van der Waals surface area contributed by atoms with Crippen molar-refractivity contribution in [2.24, 2.45) is 17.8 Å². The highest BCUT2D eigenvalue weighted by Crippen LogP contribution is 2.43. The van der Waals surface area contributed by atoms with Gasteiger partial charge in [-0.3, -0.25) is 14.7 Å². The molecule has 5 nitrogen and oxygen atoms in total. The Kier molecular flexibility index (Phi) is 7.35. The fourth-order valence-electron chi connectivity index (χ4n) is 6.21. The number of likely N-dealkylation sites (tertiary alicyclic amines) is 2. The van der Waals surface area contributed by atoms with E-state index in [2.05, 4.69) is 22.0 Å². The van der Waals surface area contributed by atoms with Gasteiger partial charge in [-0.1, -0.05) is 67.9 Å². The van der Waals surface area contributed by atoms with Crippen LogP contribution in [0.1, 0.15) is 36.6 Å². The molecule has 0 radical (unpaired) electrons. The standard InChI is InChI=1S/C30H33ClFN3O2/c1-20-15-35(16-21(2)30(20,37)23-8-11-25(32)12-9-23)29(36)27-19-34(17-22-6-4-3-5-7-22)18-26(27)28-13-10-24(31)14-33-28/h3-14,20-21,26-27,37H,15-19H2,1-2H3/t20-,21+,26-,27-,30-/m1/s1. The Labute approximate surface area is 222 Å². The van der Waals surface area contributed by atoms with Gasteiger partial charge in [-0.2, -0.15) is 0 Å². The van der Waals surface area contributed by atoms with Gasteiger partial charge in [0.25, 0.3) is 0 Å². The zero-order chi connectivity index (χ0) is 26.2. The second-order valence-corrected chi connectivity index (χ2v) is 11.1. The molecule has 7 heteroatoms. The number of aromatic nitrogens is 1. The number of carbonyl (C=O) groups excluding carboxylic acids is 1. The summed E-state index contributed by atoms with van der Waals surface area (Å²) in [6.45, 7) is 6.95. The number of aliphatic hydroxyl groups is 1. The van der Waals surface area contributed by atoms with Crippen molar-refractivity contribution < 1.29 is 14.3 Å². The lowest BCUT2D eigenvalue weighted by molar-refractivity contribution is -0.152. The zero-order valence-electron chi connectivity index (χ0n) is 21.2. The van der Waals surface area contributed by atoms with Gasteiger partial charge >= 0.3 is 0 Å². The fourth-order valence-corrected chi connectivity index (χ4v) is 6.32. The summed E-state index contributed by atoms with van der Waals surface area (Å²) in [5, 5.41) is 12.3. The van der Waals surface area contributed by atoms with Crippen LogP contribution in [0.5, 0.6) is 0 Å². The third kappa shape index (κ3) is 5.15. The van der Waals surface area contributed by atoms with Gasteiger partial charge in [-0.25, -0.2) is 4.39 Å². The number of halogens is 2. The predicted molar refractivity (Wildman–Crippen MR) is 142 cm³/mol. The molecule has 2 aliphatic rings. The molecule has 0 saturated carbocycles. The van der Waals surface area contributed by atoms with E-state index in [-0.39, 0.29) is 35.4 Å². The van der Waals surface area contributed by atoms with Crippen molar-refractivity contribution in [3.05, 3.63) is 101 Å². The third-order valence-corrected chi connectivity index (χ3v) is 8.42. The number of piperidine rings is 1. The monoisotopic (exact) mass is 521 g/mol. The molecule has 1 aromatic heterocycles. The van der Waals surface area contributed by atoms with Crippen LogP contribution in [0.4, 0.5) is 4.39 Å². The minimum absolute atomic E-state index is 0.0444. The van der Waals surface area contributed by atoms with Gasteiger partial charge < -0.3 is 10.0 Å². The van der Waals surface area contributed by atoms with E-state index < -0.39 is 5.60 Å². The van der Waals surface area contributed by atoms with E-state index in [0.717, 1.165) is 18.8 Å². The van der Waals surface area contributed by atoms with E-state index in [4.69, 9.17) is 11.6 Å². The van der Waals surface area contributed by atoms with Crippen molar-refractivity contribution in [3.63, 3.8) is 0 Å². The maximum Gasteiger partial charge on any atom is 0.227 e. The quantitative estimate of drug-likeness (QED) is 0.508. The van der Waals surface area contributed by atoms with Crippen LogP contribution in [0.15, 0.2) is 72.9 Å². The first-order valence-electron chi connectivity index (χ1n) is 12.9. The Morgan fingerprint density at radius 2 is 1.68 bits per heavy atom. The van der Waals surface area contributed by atoms with Gasteiger partial charge in [0.2, 0.25) is 5.91 Å². The Bertz CT molecular complexity index is 1210. The lowest BCUT2D eigenvalue weighted by Gasteiger charge is -2.48. The minimum Gasteiger partial charge on any atom is -0.384 e. The number of nitrogens with zero attached hydrogens (tertiary/aromatic N) is 3. The molecule has 3 aromatic rings. The average Bonchev–Trinajstić information content (AvgIpc) is 3.31. The first-order chi connectivity index (χ1) is 17.8. The van der Waals surface area contributed by atoms with E-state index in [1.54, 1.807) is 18.3 Å². The molecule has 194 valence electrons. The third-order valence-electron chi connectivity index (χ3n) is 8.20.